The van der Waals surface area contributed by atoms with Crippen molar-refractivity contribution in [3.8, 4) is 0 Å². The SMILES string of the molecule is COC(=O)c1cccc2c1CCCN2C(=O)[C@@H](C)OC1CCCCC1. The Morgan fingerprint density at radius 2 is 1.92 bits per heavy atom. The van der Waals surface area contributed by atoms with Crippen LogP contribution >= 0.6 is 0 Å². The fourth-order valence-corrected chi connectivity index (χ4v) is 3.92. The van der Waals surface area contributed by atoms with Gasteiger partial charge in [0, 0.05) is 12.2 Å². The summed E-state index contributed by atoms with van der Waals surface area (Å²) >= 11 is 0. The molecule has 0 unspecified atom stereocenters. The average molecular weight is 345 g/mol. The van der Waals surface area contributed by atoms with E-state index in [1.807, 2.05) is 19.1 Å². The highest BCUT2D eigenvalue weighted by Crippen LogP contribution is 2.31. The van der Waals surface area contributed by atoms with E-state index in [-0.39, 0.29) is 18.0 Å². The zero-order valence-electron chi connectivity index (χ0n) is 15.1. The molecule has 0 spiro atoms. The highest BCUT2D eigenvalue weighted by atomic mass is 16.5. The normalized spacial score (nSPS) is 19.2. The van der Waals surface area contributed by atoms with Crippen LogP contribution in [0, 0.1) is 0 Å². The molecular formula is C20H27NO4. The molecule has 2 aliphatic rings. The Balaban J connectivity index is 1.77. The molecule has 1 fully saturated rings. The number of amides is 1. The number of ether oxygens (including phenoxy) is 2. The number of anilines is 1. The first-order chi connectivity index (χ1) is 12.1. The summed E-state index contributed by atoms with van der Waals surface area (Å²) in [5.41, 5.74) is 2.27. The van der Waals surface area contributed by atoms with Gasteiger partial charge in [0.15, 0.2) is 0 Å². The Kier molecular flexibility index (Phi) is 5.74. The average Bonchev–Trinajstić information content (AvgIpc) is 2.66. The van der Waals surface area contributed by atoms with Crippen LogP contribution < -0.4 is 4.90 Å². The second-order valence-corrected chi connectivity index (χ2v) is 6.93. The number of carbonyl (C=O) groups excluding carboxylic acids is 2. The lowest BCUT2D eigenvalue weighted by Gasteiger charge is -2.33. The minimum atomic E-state index is -0.462. The molecule has 0 radical (unpaired) electrons. The molecule has 5 nitrogen and oxygen atoms in total. The minimum absolute atomic E-state index is 0.0199. The molecule has 1 aliphatic heterocycles. The molecule has 1 heterocycles. The molecule has 1 aromatic rings. The Bertz CT molecular complexity index is 637. The highest BCUT2D eigenvalue weighted by molar-refractivity contribution is 6.00. The number of fused-ring (bicyclic) bond motifs is 1. The predicted octanol–water partition coefficient (Wildman–Crippen LogP) is 3.49. The van der Waals surface area contributed by atoms with Gasteiger partial charge in [0.05, 0.1) is 18.8 Å². The van der Waals surface area contributed by atoms with Gasteiger partial charge >= 0.3 is 5.97 Å². The van der Waals surface area contributed by atoms with Crippen molar-refractivity contribution in [2.75, 3.05) is 18.6 Å². The molecule has 5 heteroatoms. The van der Waals surface area contributed by atoms with E-state index in [2.05, 4.69) is 0 Å². The molecule has 1 saturated carbocycles. The summed E-state index contributed by atoms with van der Waals surface area (Å²) in [6.07, 6.45) is 7.06. The van der Waals surface area contributed by atoms with Crippen molar-refractivity contribution in [2.24, 2.45) is 0 Å². The Morgan fingerprint density at radius 3 is 2.64 bits per heavy atom. The maximum absolute atomic E-state index is 13.0. The van der Waals surface area contributed by atoms with Gasteiger partial charge in [-0.3, -0.25) is 4.79 Å². The zero-order valence-corrected chi connectivity index (χ0v) is 15.1. The number of methoxy groups -OCH3 is 1. The molecule has 1 atom stereocenters. The van der Waals surface area contributed by atoms with Crippen molar-refractivity contribution in [3.05, 3.63) is 29.3 Å². The van der Waals surface area contributed by atoms with Crippen molar-refractivity contribution in [1.29, 1.82) is 0 Å². The van der Waals surface area contributed by atoms with Crippen LogP contribution in [0.4, 0.5) is 5.69 Å². The number of carbonyl (C=O) groups is 2. The Morgan fingerprint density at radius 1 is 1.16 bits per heavy atom. The van der Waals surface area contributed by atoms with Gasteiger partial charge in [-0.25, -0.2) is 4.79 Å². The van der Waals surface area contributed by atoms with E-state index < -0.39 is 6.10 Å². The van der Waals surface area contributed by atoms with Gasteiger partial charge < -0.3 is 14.4 Å². The molecular weight excluding hydrogens is 318 g/mol. The summed E-state index contributed by atoms with van der Waals surface area (Å²) in [6.45, 7) is 2.50. The smallest absolute Gasteiger partial charge is 0.338 e. The summed E-state index contributed by atoms with van der Waals surface area (Å²) in [4.78, 5) is 26.8. The van der Waals surface area contributed by atoms with Crippen LogP contribution in [0.15, 0.2) is 18.2 Å². The third kappa shape index (κ3) is 3.87. The molecule has 0 aromatic heterocycles. The molecule has 0 N–H and O–H groups in total. The van der Waals surface area contributed by atoms with Crippen LogP contribution in [0.2, 0.25) is 0 Å². The molecule has 0 saturated heterocycles. The first kappa shape index (κ1) is 17.9. The van der Waals surface area contributed by atoms with Crippen molar-refractivity contribution in [3.63, 3.8) is 0 Å². The van der Waals surface area contributed by atoms with Crippen LogP contribution in [-0.4, -0.2) is 37.7 Å². The lowest BCUT2D eigenvalue weighted by Crippen LogP contribution is -2.43. The van der Waals surface area contributed by atoms with E-state index in [9.17, 15) is 9.59 Å². The summed E-state index contributed by atoms with van der Waals surface area (Å²) in [5.74, 6) is -0.369. The number of nitrogens with zero attached hydrogens (tertiary/aromatic N) is 1. The largest absolute Gasteiger partial charge is 0.465 e. The number of esters is 1. The van der Waals surface area contributed by atoms with Crippen LogP contribution in [0.1, 0.15) is 61.4 Å². The van der Waals surface area contributed by atoms with Crippen LogP contribution in [0.25, 0.3) is 0 Å². The van der Waals surface area contributed by atoms with Gasteiger partial charge in [-0.1, -0.05) is 25.3 Å². The van der Waals surface area contributed by atoms with E-state index in [1.54, 1.807) is 11.0 Å². The van der Waals surface area contributed by atoms with Crippen molar-refractivity contribution in [1.82, 2.24) is 0 Å². The summed E-state index contributed by atoms with van der Waals surface area (Å²) < 4.78 is 10.9. The standard InChI is InChI=1S/C20H27NO4/c1-14(25-15-8-4-3-5-9-15)19(22)21-13-7-11-16-17(20(23)24-2)10-6-12-18(16)21/h6,10,12,14-15H,3-5,7-9,11,13H2,1-2H3/t14-/m1/s1. The predicted molar refractivity (Wildman–Crippen MR) is 95.9 cm³/mol. The number of hydrogen-bond acceptors (Lipinski definition) is 4. The molecule has 0 bridgehead atoms. The second kappa shape index (κ2) is 8.00. The molecule has 1 aliphatic carbocycles. The van der Waals surface area contributed by atoms with Gasteiger partial charge in [0.2, 0.25) is 0 Å². The third-order valence-corrected chi connectivity index (χ3v) is 5.22. The van der Waals surface area contributed by atoms with E-state index in [1.165, 1.54) is 26.4 Å². The Hall–Kier alpha value is -1.88. The van der Waals surface area contributed by atoms with Crippen molar-refractivity contribution in [2.45, 2.75) is 64.1 Å². The van der Waals surface area contributed by atoms with Crippen molar-refractivity contribution >= 4 is 17.6 Å². The Labute approximate surface area is 149 Å². The molecule has 1 amide bonds. The summed E-state index contributed by atoms with van der Waals surface area (Å²) in [7, 11) is 1.38. The molecule has 3 rings (SSSR count). The topological polar surface area (TPSA) is 55.8 Å². The third-order valence-electron chi connectivity index (χ3n) is 5.22. The van der Waals surface area contributed by atoms with Gasteiger partial charge in [-0.05, 0) is 50.3 Å². The first-order valence-electron chi connectivity index (χ1n) is 9.29. The monoisotopic (exact) mass is 345 g/mol. The molecule has 136 valence electrons. The fraction of sp³-hybridized carbons (Fsp3) is 0.600. The minimum Gasteiger partial charge on any atom is -0.465 e. The maximum Gasteiger partial charge on any atom is 0.338 e. The van der Waals surface area contributed by atoms with Crippen LogP contribution in [0.5, 0.6) is 0 Å². The van der Waals surface area contributed by atoms with E-state index in [4.69, 9.17) is 9.47 Å². The summed E-state index contributed by atoms with van der Waals surface area (Å²) in [6, 6.07) is 5.48. The molecule has 1 aromatic carbocycles. The molecule has 25 heavy (non-hydrogen) atoms. The van der Waals surface area contributed by atoms with Crippen LogP contribution in [0.3, 0.4) is 0 Å². The number of rotatable bonds is 4. The number of benzene rings is 1. The van der Waals surface area contributed by atoms with Gasteiger partial charge in [0.25, 0.3) is 5.91 Å². The van der Waals surface area contributed by atoms with E-state index in [0.717, 1.165) is 36.9 Å². The van der Waals surface area contributed by atoms with Gasteiger partial charge in [0.1, 0.15) is 6.10 Å². The zero-order chi connectivity index (χ0) is 17.8. The highest BCUT2D eigenvalue weighted by Gasteiger charge is 2.30. The van der Waals surface area contributed by atoms with E-state index >= 15 is 0 Å². The lowest BCUT2D eigenvalue weighted by molar-refractivity contribution is -0.133. The lowest BCUT2D eigenvalue weighted by atomic mass is 9.95. The number of hydrogen-bond donors (Lipinski definition) is 0. The van der Waals surface area contributed by atoms with Crippen LogP contribution in [-0.2, 0) is 20.7 Å². The van der Waals surface area contributed by atoms with Crippen molar-refractivity contribution < 1.29 is 19.1 Å². The quantitative estimate of drug-likeness (QED) is 0.784. The van der Waals surface area contributed by atoms with Gasteiger partial charge in [-0.2, -0.15) is 0 Å². The van der Waals surface area contributed by atoms with Gasteiger partial charge in [-0.15, -0.1) is 0 Å². The van der Waals surface area contributed by atoms with E-state index in [0.29, 0.717) is 12.1 Å². The fourth-order valence-electron chi connectivity index (χ4n) is 3.92. The summed E-state index contributed by atoms with van der Waals surface area (Å²) in [5, 5.41) is 0. The first-order valence-corrected chi connectivity index (χ1v) is 9.29. The second-order valence-electron chi connectivity index (χ2n) is 6.93. The maximum atomic E-state index is 13.0.